The SMILES string of the molecule is CC(c1ccc2c(c1)OCC2)N1CCc2oc(Cc3cccnc3)nc2C1. The highest BCUT2D eigenvalue weighted by molar-refractivity contribution is 5.41. The largest absolute Gasteiger partial charge is 0.493 e. The minimum Gasteiger partial charge on any atom is -0.493 e. The molecular formula is C22H23N3O2. The normalized spacial score (nSPS) is 17.2. The van der Waals surface area contributed by atoms with Crippen molar-refractivity contribution in [3.05, 3.63) is 76.8 Å². The van der Waals surface area contributed by atoms with Crippen molar-refractivity contribution in [2.75, 3.05) is 13.2 Å². The van der Waals surface area contributed by atoms with Crippen molar-refractivity contribution in [2.24, 2.45) is 0 Å². The molecule has 0 spiro atoms. The molecule has 2 aromatic heterocycles. The number of ether oxygens (including phenoxy) is 1. The molecule has 1 unspecified atom stereocenters. The van der Waals surface area contributed by atoms with Crippen LogP contribution in [0.5, 0.6) is 5.75 Å². The second kappa shape index (κ2) is 6.82. The number of hydrogen-bond donors (Lipinski definition) is 0. The minimum atomic E-state index is 0.325. The first-order chi connectivity index (χ1) is 13.3. The van der Waals surface area contributed by atoms with Crippen LogP contribution in [0, 0.1) is 0 Å². The van der Waals surface area contributed by atoms with E-state index in [4.69, 9.17) is 14.1 Å². The molecule has 0 saturated carbocycles. The molecule has 5 heteroatoms. The van der Waals surface area contributed by atoms with Crippen LogP contribution in [0.3, 0.4) is 0 Å². The Morgan fingerprint density at radius 2 is 2.19 bits per heavy atom. The molecular weight excluding hydrogens is 338 g/mol. The Hall–Kier alpha value is -2.66. The Balaban J connectivity index is 1.32. The van der Waals surface area contributed by atoms with E-state index in [1.165, 1.54) is 11.1 Å². The molecule has 0 amide bonds. The lowest BCUT2D eigenvalue weighted by Crippen LogP contribution is -2.32. The third kappa shape index (κ3) is 3.23. The summed E-state index contributed by atoms with van der Waals surface area (Å²) in [5.41, 5.74) is 4.82. The Kier molecular flexibility index (Phi) is 4.17. The summed E-state index contributed by atoms with van der Waals surface area (Å²) in [4.78, 5) is 11.4. The van der Waals surface area contributed by atoms with Crippen LogP contribution in [-0.4, -0.2) is 28.0 Å². The molecule has 1 atom stereocenters. The molecule has 2 aliphatic heterocycles. The fourth-order valence-corrected chi connectivity index (χ4v) is 4.01. The van der Waals surface area contributed by atoms with Crippen molar-refractivity contribution in [3.8, 4) is 5.75 Å². The van der Waals surface area contributed by atoms with Gasteiger partial charge in [-0.25, -0.2) is 4.98 Å². The average molecular weight is 361 g/mol. The summed E-state index contributed by atoms with van der Waals surface area (Å²) in [7, 11) is 0. The van der Waals surface area contributed by atoms with Crippen LogP contribution in [0.2, 0.25) is 0 Å². The van der Waals surface area contributed by atoms with Crippen LogP contribution in [0.1, 0.15) is 47.0 Å². The van der Waals surface area contributed by atoms with Gasteiger partial charge < -0.3 is 9.15 Å². The van der Waals surface area contributed by atoms with Gasteiger partial charge in [-0.2, -0.15) is 0 Å². The Morgan fingerprint density at radius 3 is 3.07 bits per heavy atom. The fraction of sp³-hybridized carbons (Fsp3) is 0.364. The molecule has 0 aliphatic carbocycles. The van der Waals surface area contributed by atoms with Gasteiger partial charge in [0, 0.05) is 44.4 Å². The molecule has 5 nitrogen and oxygen atoms in total. The summed E-state index contributed by atoms with van der Waals surface area (Å²) in [6.07, 6.45) is 6.27. The van der Waals surface area contributed by atoms with Gasteiger partial charge in [0.15, 0.2) is 5.89 Å². The lowest BCUT2D eigenvalue weighted by atomic mass is 10.0. The zero-order valence-electron chi connectivity index (χ0n) is 15.5. The molecule has 0 N–H and O–H groups in total. The summed E-state index contributed by atoms with van der Waals surface area (Å²) in [6.45, 7) is 4.87. The van der Waals surface area contributed by atoms with E-state index in [1.54, 1.807) is 6.20 Å². The summed E-state index contributed by atoms with van der Waals surface area (Å²) < 4.78 is 11.8. The summed E-state index contributed by atoms with van der Waals surface area (Å²) in [5.74, 6) is 2.88. The van der Waals surface area contributed by atoms with Gasteiger partial charge in [-0.15, -0.1) is 0 Å². The first kappa shape index (κ1) is 16.5. The predicted molar refractivity (Wildman–Crippen MR) is 102 cm³/mol. The molecule has 2 aliphatic rings. The molecule has 138 valence electrons. The number of aromatic nitrogens is 2. The number of nitrogens with zero attached hydrogens (tertiary/aromatic N) is 3. The summed E-state index contributed by atoms with van der Waals surface area (Å²) in [6, 6.07) is 11.0. The first-order valence-corrected chi connectivity index (χ1v) is 9.62. The van der Waals surface area contributed by atoms with Crippen molar-refractivity contribution < 1.29 is 9.15 Å². The Labute approximate surface area is 159 Å². The van der Waals surface area contributed by atoms with Crippen LogP contribution < -0.4 is 4.74 Å². The lowest BCUT2D eigenvalue weighted by molar-refractivity contribution is 0.182. The number of fused-ring (bicyclic) bond motifs is 2. The molecule has 0 fully saturated rings. The summed E-state index contributed by atoms with van der Waals surface area (Å²) in [5, 5.41) is 0. The molecule has 1 aromatic carbocycles. The maximum absolute atomic E-state index is 6.02. The Morgan fingerprint density at radius 1 is 1.22 bits per heavy atom. The second-order valence-corrected chi connectivity index (χ2v) is 7.38. The maximum Gasteiger partial charge on any atom is 0.199 e. The molecule has 3 aromatic rings. The quantitative estimate of drug-likeness (QED) is 0.709. The molecule has 27 heavy (non-hydrogen) atoms. The molecule has 0 radical (unpaired) electrons. The van der Waals surface area contributed by atoms with Crippen molar-refractivity contribution in [1.82, 2.24) is 14.9 Å². The molecule has 0 bridgehead atoms. The van der Waals surface area contributed by atoms with Crippen molar-refractivity contribution >= 4 is 0 Å². The average Bonchev–Trinajstić information content (AvgIpc) is 3.33. The van der Waals surface area contributed by atoms with Gasteiger partial charge in [0.25, 0.3) is 0 Å². The van der Waals surface area contributed by atoms with Crippen LogP contribution in [-0.2, 0) is 25.8 Å². The van der Waals surface area contributed by atoms with E-state index in [0.29, 0.717) is 12.5 Å². The van der Waals surface area contributed by atoms with Crippen LogP contribution in [0.25, 0.3) is 0 Å². The third-order valence-corrected chi connectivity index (χ3v) is 5.63. The lowest BCUT2D eigenvalue weighted by Gasteiger charge is -2.31. The van der Waals surface area contributed by atoms with E-state index in [1.807, 2.05) is 12.3 Å². The van der Waals surface area contributed by atoms with Crippen molar-refractivity contribution in [1.29, 1.82) is 0 Å². The zero-order chi connectivity index (χ0) is 18.2. The number of rotatable bonds is 4. The topological polar surface area (TPSA) is 51.4 Å². The van der Waals surface area contributed by atoms with Crippen LogP contribution in [0.15, 0.2) is 47.1 Å². The monoisotopic (exact) mass is 361 g/mol. The maximum atomic E-state index is 6.02. The fourth-order valence-electron chi connectivity index (χ4n) is 4.01. The van der Waals surface area contributed by atoms with Gasteiger partial charge in [0.1, 0.15) is 11.5 Å². The number of pyridine rings is 1. The van der Waals surface area contributed by atoms with E-state index in [0.717, 1.165) is 61.2 Å². The van der Waals surface area contributed by atoms with E-state index >= 15 is 0 Å². The molecule has 0 saturated heterocycles. The highest BCUT2D eigenvalue weighted by Gasteiger charge is 2.27. The highest BCUT2D eigenvalue weighted by Crippen LogP contribution is 2.33. The second-order valence-electron chi connectivity index (χ2n) is 7.38. The van der Waals surface area contributed by atoms with Gasteiger partial charge in [-0.1, -0.05) is 18.2 Å². The van der Waals surface area contributed by atoms with Crippen molar-refractivity contribution in [2.45, 2.75) is 38.8 Å². The van der Waals surface area contributed by atoms with Gasteiger partial charge in [0.05, 0.1) is 18.7 Å². The first-order valence-electron chi connectivity index (χ1n) is 9.62. The zero-order valence-corrected chi connectivity index (χ0v) is 15.5. The number of oxazole rings is 1. The molecule has 5 rings (SSSR count). The van der Waals surface area contributed by atoms with Gasteiger partial charge in [-0.05, 0) is 35.7 Å². The number of hydrogen-bond acceptors (Lipinski definition) is 5. The molecule has 4 heterocycles. The predicted octanol–water partition coefficient (Wildman–Crippen LogP) is 3.71. The number of benzene rings is 1. The standard InChI is InChI=1S/C22H23N3O2/c1-15(18-5-4-17-7-10-26-21(17)12-18)25-9-6-20-19(14-25)24-22(27-20)11-16-3-2-8-23-13-16/h2-5,8,12-13,15H,6-7,9-11,14H2,1H3. The summed E-state index contributed by atoms with van der Waals surface area (Å²) >= 11 is 0. The van der Waals surface area contributed by atoms with Gasteiger partial charge >= 0.3 is 0 Å². The van der Waals surface area contributed by atoms with E-state index in [9.17, 15) is 0 Å². The Bertz CT molecular complexity index is 951. The third-order valence-electron chi connectivity index (χ3n) is 5.63. The highest BCUT2D eigenvalue weighted by atomic mass is 16.5. The minimum absolute atomic E-state index is 0.325. The van der Waals surface area contributed by atoms with E-state index in [-0.39, 0.29) is 0 Å². The van der Waals surface area contributed by atoms with Crippen molar-refractivity contribution in [3.63, 3.8) is 0 Å². The van der Waals surface area contributed by atoms with E-state index < -0.39 is 0 Å². The van der Waals surface area contributed by atoms with Crippen LogP contribution >= 0.6 is 0 Å². The van der Waals surface area contributed by atoms with Gasteiger partial charge in [0.2, 0.25) is 0 Å². The van der Waals surface area contributed by atoms with Gasteiger partial charge in [-0.3, -0.25) is 9.88 Å². The smallest absolute Gasteiger partial charge is 0.199 e. The van der Waals surface area contributed by atoms with E-state index in [2.05, 4.69) is 41.1 Å². The van der Waals surface area contributed by atoms with Crippen LogP contribution in [0.4, 0.5) is 0 Å².